The molecule has 0 saturated carbocycles. The van der Waals surface area contributed by atoms with Gasteiger partial charge in [-0.1, -0.05) is 4.98 Å². The summed E-state index contributed by atoms with van der Waals surface area (Å²) in [5.41, 5.74) is 0.829. The molecule has 0 unspecified atom stereocenters. The second-order valence-electron chi connectivity index (χ2n) is 3.85. The highest BCUT2D eigenvalue weighted by molar-refractivity contribution is 5.90. The summed E-state index contributed by atoms with van der Waals surface area (Å²) in [5.74, 6) is -0.991. The molecule has 0 aromatic carbocycles. The second-order valence-corrected chi connectivity index (χ2v) is 3.85. The van der Waals surface area contributed by atoms with Gasteiger partial charge >= 0.3 is 11.9 Å². The summed E-state index contributed by atoms with van der Waals surface area (Å²) < 4.78 is 7.66. The van der Waals surface area contributed by atoms with E-state index in [2.05, 4.69) is 15.2 Å². The average molecular weight is 280 g/mol. The van der Waals surface area contributed by atoms with E-state index >= 15 is 0 Å². The van der Waals surface area contributed by atoms with E-state index in [-0.39, 0.29) is 13.2 Å². The highest BCUT2D eigenvalue weighted by atomic mass is 16.6. The van der Waals surface area contributed by atoms with Gasteiger partial charge in [0.25, 0.3) is 0 Å². The zero-order chi connectivity index (χ0) is 14.7. The van der Waals surface area contributed by atoms with Crippen LogP contribution in [-0.2, 0) is 18.3 Å². The highest BCUT2D eigenvalue weighted by Gasteiger charge is 2.20. The molecule has 0 atom stereocenters. The SMILES string of the molecule is CCOC(=O)c1cnn(C)c1Cn1cnc([N+](=O)[O-])n1. The van der Waals surface area contributed by atoms with Gasteiger partial charge in [0.2, 0.25) is 6.33 Å². The number of nitrogens with zero attached hydrogens (tertiary/aromatic N) is 6. The number of hydrogen-bond donors (Lipinski definition) is 0. The number of ether oxygens (including phenoxy) is 1. The van der Waals surface area contributed by atoms with Crippen LogP contribution >= 0.6 is 0 Å². The summed E-state index contributed by atoms with van der Waals surface area (Å²) >= 11 is 0. The van der Waals surface area contributed by atoms with Crippen LogP contribution in [-0.4, -0.2) is 42.0 Å². The lowest BCUT2D eigenvalue weighted by atomic mass is 10.2. The van der Waals surface area contributed by atoms with Crippen molar-refractivity contribution in [3.63, 3.8) is 0 Å². The molecule has 0 aliphatic heterocycles. The number of carbonyl (C=O) groups excluding carboxylic acids is 1. The van der Waals surface area contributed by atoms with Crippen molar-refractivity contribution in [2.45, 2.75) is 13.5 Å². The Hall–Kier alpha value is -2.78. The Balaban J connectivity index is 2.26. The molecule has 0 amide bonds. The molecular weight excluding hydrogens is 268 g/mol. The first-order valence-corrected chi connectivity index (χ1v) is 5.74. The van der Waals surface area contributed by atoms with Gasteiger partial charge in [0.15, 0.2) is 0 Å². The summed E-state index contributed by atoms with van der Waals surface area (Å²) in [6.45, 7) is 2.09. The van der Waals surface area contributed by atoms with Crippen LogP contribution in [0.3, 0.4) is 0 Å². The van der Waals surface area contributed by atoms with E-state index in [9.17, 15) is 14.9 Å². The molecule has 0 bridgehead atoms. The molecule has 0 N–H and O–H groups in total. The Bertz CT molecular complexity index is 646. The van der Waals surface area contributed by atoms with Crippen molar-refractivity contribution in [3.05, 3.63) is 33.9 Å². The van der Waals surface area contributed by atoms with Crippen LogP contribution in [0.15, 0.2) is 12.5 Å². The fourth-order valence-corrected chi connectivity index (χ4v) is 1.63. The molecule has 2 heterocycles. The predicted molar refractivity (Wildman–Crippen MR) is 64.9 cm³/mol. The van der Waals surface area contributed by atoms with Crippen LogP contribution in [0.4, 0.5) is 5.95 Å². The molecular formula is C10H12N6O4. The smallest absolute Gasteiger partial charge is 0.462 e. The third kappa shape index (κ3) is 2.63. The van der Waals surface area contributed by atoms with Crippen LogP contribution in [0.2, 0.25) is 0 Å². The van der Waals surface area contributed by atoms with Crippen LogP contribution in [0.1, 0.15) is 23.0 Å². The Morgan fingerprint density at radius 3 is 2.90 bits per heavy atom. The van der Waals surface area contributed by atoms with Gasteiger partial charge in [-0.2, -0.15) is 9.78 Å². The standard InChI is InChI=1S/C10H12N6O4/c1-3-20-9(17)7-4-12-14(2)8(7)5-15-6-11-10(13-15)16(18)19/h4,6H,3,5H2,1-2H3. The van der Waals surface area contributed by atoms with E-state index in [1.54, 1.807) is 14.0 Å². The zero-order valence-electron chi connectivity index (χ0n) is 10.9. The minimum Gasteiger partial charge on any atom is -0.462 e. The minimum absolute atomic E-state index is 0.130. The third-order valence-corrected chi connectivity index (χ3v) is 2.56. The Labute approximate surface area is 113 Å². The van der Waals surface area contributed by atoms with Gasteiger partial charge < -0.3 is 14.9 Å². The third-order valence-electron chi connectivity index (χ3n) is 2.56. The average Bonchev–Trinajstić information content (AvgIpc) is 2.99. The second kappa shape index (κ2) is 5.47. The van der Waals surface area contributed by atoms with Crippen LogP contribution in [0, 0.1) is 10.1 Å². The first-order chi connectivity index (χ1) is 9.52. The van der Waals surface area contributed by atoms with Gasteiger partial charge in [0.05, 0.1) is 18.5 Å². The van der Waals surface area contributed by atoms with E-state index in [0.29, 0.717) is 11.3 Å². The Morgan fingerprint density at radius 1 is 1.55 bits per heavy atom. The van der Waals surface area contributed by atoms with E-state index in [1.165, 1.54) is 21.9 Å². The maximum atomic E-state index is 11.8. The predicted octanol–water partition coefficient (Wildman–Crippen LogP) is 0.145. The molecule has 20 heavy (non-hydrogen) atoms. The van der Waals surface area contributed by atoms with E-state index < -0.39 is 16.8 Å². The molecule has 0 spiro atoms. The van der Waals surface area contributed by atoms with Crippen molar-refractivity contribution in [1.82, 2.24) is 24.5 Å². The maximum absolute atomic E-state index is 11.8. The lowest BCUT2D eigenvalue weighted by Crippen LogP contribution is -2.12. The summed E-state index contributed by atoms with van der Waals surface area (Å²) in [6, 6.07) is 0. The largest absolute Gasteiger partial charge is 0.490 e. The van der Waals surface area contributed by atoms with E-state index in [0.717, 1.165) is 0 Å². The fourth-order valence-electron chi connectivity index (χ4n) is 1.63. The van der Waals surface area contributed by atoms with Gasteiger partial charge in [-0.3, -0.25) is 4.68 Å². The van der Waals surface area contributed by atoms with Crippen molar-refractivity contribution in [3.8, 4) is 0 Å². The zero-order valence-corrected chi connectivity index (χ0v) is 10.9. The molecule has 106 valence electrons. The lowest BCUT2D eigenvalue weighted by molar-refractivity contribution is -0.394. The van der Waals surface area contributed by atoms with Gasteiger partial charge in [0, 0.05) is 12.1 Å². The number of carbonyl (C=O) groups is 1. The monoisotopic (exact) mass is 280 g/mol. The summed E-state index contributed by atoms with van der Waals surface area (Å²) in [4.78, 5) is 25.1. The molecule has 2 aromatic rings. The summed E-state index contributed by atoms with van der Waals surface area (Å²) in [6.07, 6.45) is 2.61. The van der Waals surface area contributed by atoms with E-state index in [4.69, 9.17) is 4.74 Å². The number of esters is 1. The molecule has 0 fully saturated rings. The number of aromatic nitrogens is 5. The minimum atomic E-state index is -0.688. The Morgan fingerprint density at radius 2 is 2.30 bits per heavy atom. The quantitative estimate of drug-likeness (QED) is 0.434. The van der Waals surface area contributed by atoms with Crippen molar-refractivity contribution in [2.75, 3.05) is 6.61 Å². The normalized spacial score (nSPS) is 10.5. The molecule has 2 rings (SSSR count). The topological polar surface area (TPSA) is 118 Å². The highest BCUT2D eigenvalue weighted by Crippen LogP contribution is 2.11. The molecule has 10 heteroatoms. The fraction of sp³-hybridized carbons (Fsp3) is 0.400. The Kier molecular flexibility index (Phi) is 3.73. The number of rotatable bonds is 5. The number of hydrogen-bond acceptors (Lipinski definition) is 7. The first kappa shape index (κ1) is 13.6. The van der Waals surface area contributed by atoms with Gasteiger partial charge in [-0.15, -0.1) is 0 Å². The molecule has 0 saturated heterocycles. The van der Waals surface area contributed by atoms with Crippen molar-refractivity contribution in [1.29, 1.82) is 0 Å². The van der Waals surface area contributed by atoms with Crippen molar-refractivity contribution >= 4 is 11.9 Å². The van der Waals surface area contributed by atoms with Gasteiger partial charge in [0.1, 0.15) is 12.1 Å². The number of nitro groups is 1. The number of aryl methyl sites for hydroxylation is 1. The van der Waals surface area contributed by atoms with Gasteiger partial charge in [-0.25, -0.2) is 4.79 Å². The molecule has 0 aliphatic carbocycles. The molecule has 0 radical (unpaired) electrons. The van der Waals surface area contributed by atoms with Crippen LogP contribution in [0.25, 0.3) is 0 Å². The molecule has 10 nitrogen and oxygen atoms in total. The maximum Gasteiger partial charge on any atom is 0.490 e. The van der Waals surface area contributed by atoms with Crippen molar-refractivity contribution in [2.24, 2.45) is 7.05 Å². The van der Waals surface area contributed by atoms with E-state index in [1.807, 2.05) is 0 Å². The van der Waals surface area contributed by atoms with Crippen molar-refractivity contribution < 1.29 is 14.5 Å². The van der Waals surface area contributed by atoms with Crippen LogP contribution < -0.4 is 0 Å². The summed E-state index contributed by atoms with van der Waals surface area (Å²) in [5, 5.41) is 18.2. The first-order valence-electron chi connectivity index (χ1n) is 5.74. The summed E-state index contributed by atoms with van der Waals surface area (Å²) in [7, 11) is 1.66. The molecule has 0 aliphatic rings. The van der Waals surface area contributed by atoms with Gasteiger partial charge in [-0.05, 0) is 11.8 Å². The van der Waals surface area contributed by atoms with Crippen LogP contribution in [0.5, 0.6) is 0 Å². The molecule has 2 aromatic heterocycles. The lowest BCUT2D eigenvalue weighted by Gasteiger charge is -2.04.